The van der Waals surface area contributed by atoms with Crippen molar-refractivity contribution in [1.82, 2.24) is 15.1 Å². The summed E-state index contributed by atoms with van der Waals surface area (Å²) in [6.07, 6.45) is 0. The summed E-state index contributed by atoms with van der Waals surface area (Å²) in [6, 6.07) is 7.24. The first-order valence-corrected chi connectivity index (χ1v) is 8.28. The van der Waals surface area contributed by atoms with Gasteiger partial charge in [0.25, 0.3) is 0 Å². The molecule has 124 valence electrons. The molecule has 1 aromatic rings. The van der Waals surface area contributed by atoms with Crippen molar-refractivity contribution in [3.05, 3.63) is 29.3 Å². The minimum absolute atomic E-state index is 0.119. The maximum Gasteiger partial charge on any atom is 0.324 e. The van der Waals surface area contributed by atoms with Gasteiger partial charge in [0.05, 0.1) is 16.8 Å². The van der Waals surface area contributed by atoms with Crippen molar-refractivity contribution in [2.45, 2.75) is 13.0 Å². The van der Waals surface area contributed by atoms with Crippen LogP contribution in [0.5, 0.6) is 0 Å². The monoisotopic (exact) mass is 336 g/mol. The van der Waals surface area contributed by atoms with Crippen LogP contribution in [-0.4, -0.2) is 67.0 Å². The van der Waals surface area contributed by atoms with Gasteiger partial charge in [0.15, 0.2) is 0 Å². The third-order valence-electron chi connectivity index (χ3n) is 4.54. The van der Waals surface area contributed by atoms with Crippen molar-refractivity contribution >= 4 is 29.2 Å². The van der Waals surface area contributed by atoms with Crippen molar-refractivity contribution in [3.63, 3.8) is 0 Å². The average molecular weight is 337 g/mol. The lowest BCUT2D eigenvalue weighted by atomic mass is 10.2. The molecule has 0 bridgehead atoms. The Morgan fingerprint density at radius 1 is 1.17 bits per heavy atom. The first kappa shape index (κ1) is 16.1. The number of carbonyl (C=O) groups excluding carboxylic acids is 2. The predicted molar refractivity (Wildman–Crippen MR) is 89.8 cm³/mol. The molecule has 3 rings (SSSR count). The van der Waals surface area contributed by atoms with Gasteiger partial charge in [-0.15, -0.1) is 0 Å². The molecule has 3 amide bonds. The molecule has 0 unspecified atom stereocenters. The summed E-state index contributed by atoms with van der Waals surface area (Å²) in [7, 11) is 0. The fraction of sp³-hybridized carbons (Fsp3) is 0.500. The van der Waals surface area contributed by atoms with Crippen LogP contribution in [0.3, 0.4) is 0 Å². The van der Waals surface area contributed by atoms with Gasteiger partial charge in [-0.1, -0.05) is 23.7 Å². The van der Waals surface area contributed by atoms with Gasteiger partial charge < -0.3 is 10.2 Å². The van der Waals surface area contributed by atoms with E-state index in [4.69, 9.17) is 11.6 Å². The fourth-order valence-electron chi connectivity index (χ4n) is 3.12. The lowest BCUT2D eigenvalue weighted by Crippen LogP contribution is -2.55. The van der Waals surface area contributed by atoms with E-state index >= 15 is 0 Å². The number of urea groups is 1. The Morgan fingerprint density at radius 2 is 1.87 bits per heavy atom. The Bertz CT molecular complexity index is 601. The summed E-state index contributed by atoms with van der Waals surface area (Å²) < 4.78 is 0. The van der Waals surface area contributed by atoms with Crippen LogP contribution >= 0.6 is 11.6 Å². The number of para-hydroxylation sites is 1. The van der Waals surface area contributed by atoms with Crippen LogP contribution in [0.1, 0.15) is 6.92 Å². The first-order valence-electron chi connectivity index (χ1n) is 7.90. The largest absolute Gasteiger partial charge is 0.368 e. The number of halogens is 1. The molecule has 0 spiro atoms. The van der Waals surface area contributed by atoms with Crippen LogP contribution in [0.15, 0.2) is 24.3 Å². The number of nitrogens with zero attached hydrogens (tertiary/aromatic N) is 3. The second kappa shape index (κ2) is 6.76. The number of imide groups is 1. The Morgan fingerprint density at radius 3 is 2.48 bits per heavy atom. The van der Waals surface area contributed by atoms with Crippen molar-refractivity contribution in [2.75, 3.05) is 44.2 Å². The van der Waals surface area contributed by atoms with Crippen LogP contribution < -0.4 is 10.2 Å². The van der Waals surface area contributed by atoms with Gasteiger partial charge in [0.1, 0.15) is 0 Å². The minimum atomic E-state index is -0.285. The van der Waals surface area contributed by atoms with E-state index in [1.807, 2.05) is 31.2 Å². The number of anilines is 1. The minimum Gasteiger partial charge on any atom is -0.368 e. The predicted octanol–water partition coefficient (Wildman–Crippen LogP) is 1.40. The van der Waals surface area contributed by atoms with E-state index in [1.165, 1.54) is 4.90 Å². The third-order valence-corrected chi connectivity index (χ3v) is 4.85. The van der Waals surface area contributed by atoms with Crippen molar-refractivity contribution in [1.29, 1.82) is 0 Å². The Balaban J connectivity index is 1.59. The van der Waals surface area contributed by atoms with Crippen LogP contribution in [0.4, 0.5) is 10.5 Å². The van der Waals surface area contributed by atoms with Crippen molar-refractivity contribution in [2.24, 2.45) is 0 Å². The second-order valence-electron chi connectivity index (χ2n) is 5.87. The molecule has 2 heterocycles. The highest BCUT2D eigenvalue weighted by Crippen LogP contribution is 2.26. The quantitative estimate of drug-likeness (QED) is 0.906. The summed E-state index contributed by atoms with van der Waals surface area (Å²) in [6.45, 7) is 6.04. The normalized spacial score (nSPS) is 20.5. The molecule has 1 N–H and O–H groups in total. The van der Waals surface area contributed by atoms with E-state index in [0.717, 1.165) is 36.9 Å². The van der Waals surface area contributed by atoms with E-state index in [0.29, 0.717) is 13.1 Å². The molecule has 7 heteroatoms. The third kappa shape index (κ3) is 3.28. The molecular formula is C16H21ClN4O2. The number of rotatable bonds is 3. The zero-order chi connectivity index (χ0) is 16.4. The number of hydrogen-bond donors (Lipinski definition) is 1. The molecule has 1 aromatic carbocycles. The summed E-state index contributed by atoms with van der Waals surface area (Å²) in [5.74, 6) is -0.119. The van der Waals surface area contributed by atoms with Crippen LogP contribution in [0.25, 0.3) is 0 Å². The van der Waals surface area contributed by atoms with E-state index in [2.05, 4.69) is 15.1 Å². The van der Waals surface area contributed by atoms with Gasteiger partial charge in [-0.05, 0) is 19.1 Å². The first-order chi connectivity index (χ1) is 11.1. The van der Waals surface area contributed by atoms with Crippen molar-refractivity contribution < 1.29 is 9.59 Å². The number of nitrogens with one attached hydrogen (secondary N) is 1. The summed E-state index contributed by atoms with van der Waals surface area (Å²) >= 11 is 6.25. The Labute approximate surface area is 141 Å². The number of piperazine rings is 1. The summed E-state index contributed by atoms with van der Waals surface area (Å²) in [5.41, 5.74) is 1.03. The van der Waals surface area contributed by atoms with E-state index in [9.17, 15) is 9.59 Å². The van der Waals surface area contributed by atoms with Crippen LogP contribution in [0.2, 0.25) is 5.02 Å². The summed E-state index contributed by atoms with van der Waals surface area (Å²) in [5, 5.41) is 3.42. The van der Waals surface area contributed by atoms with Crippen LogP contribution in [0, 0.1) is 0 Å². The SMILES string of the molecule is C[C@H](C(=O)N1CCNC1=O)N1CCN(c2ccccc2Cl)CC1. The zero-order valence-corrected chi connectivity index (χ0v) is 13.9. The molecule has 0 saturated carbocycles. The lowest BCUT2D eigenvalue weighted by Gasteiger charge is -2.39. The molecule has 0 radical (unpaired) electrons. The lowest BCUT2D eigenvalue weighted by molar-refractivity contribution is -0.132. The molecular weight excluding hydrogens is 316 g/mol. The Hall–Kier alpha value is -1.79. The molecule has 2 aliphatic rings. The number of benzene rings is 1. The standard InChI is InChI=1S/C16H21ClN4O2/c1-12(15(22)21-7-6-18-16(21)23)19-8-10-20(11-9-19)14-5-3-2-4-13(14)17/h2-5,12H,6-11H2,1H3,(H,18,23)/t12-/m1/s1. The number of amides is 3. The van der Waals surface area contributed by atoms with Gasteiger partial charge >= 0.3 is 6.03 Å². The number of carbonyl (C=O) groups is 2. The topological polar surface area (TPSA) is 55.9 Å². The van der Waals surface area contributed by atoms with Gasteiger partial charge in [0.2, 0.25) is 5.91 Å². The van der Waals surface area contributed by atoms with Gasteiger partial charge in [0, 0.05) is 39.3 Å². The zero-order valence-electron chi connectivity index (χ0n) is 13.2. The Kier molecular flexibility index (Phi) is 4.73. The maximum absolute atomic E-state index is 12.4. The molecule has 6 nitrogen and oxygen atoms in total. The highest BCUT2D eigenvalue weighted by Gasteiger charge is 2.33. The van der Waals surface area contributed by atoms with E-state index in [1.54, 1.807) is 0 Å². The van der Waals surface area contributed by atoms with E-state index in [-0.39, 0.29) is 18.0 Å². The molecule has 1 atom stereocenters. The second-order valence-corrected chi connectivity index (χ2v) is 6.28. The average Bonchev–Trinajstić information content (AvgIpc) is 3.00. The van der Waals surface area contributed by atoms with Gasteiger partial charge in [-0.3, -0.25) is 14.6 Å². The molecule has 2 fully saturated rings. The van der Waals surface area contributed by atoms with Crippen LogP contribution in [-0.2, 0) is 4.79 Å². The molecule has 2 saturated heterocycles. The highest BCUT2D eigenvalue weighted by molar-refractivity contribution is 6.33. The van der Waals surface area contributed by atoms with E-state index < -0.39 is 0 Å². The smallest absolute Gasteiger partial charge is 0.324 e. The molecule has 23 heavy (non-hydrogen) atoms. The summed E-state index contributed by atoms with van der Waals surface area (Å²) in [4.78, 5) is 29.8. The molecule has 2 aliphatic heterocycles. The highest BCUT2D eigenvalue weighted by atomic mass is 35.5. The maximum atomic E-state index is 12.4. The van der Waals surface area contributed by atoms with Gasteiger partial charge in [-0.25, -0.2) is 4.79 Å². The van der Waals surface area contributed by atoms with Crippen molar-refractivity contribution in [3.8, 4) is 0 Å². The fourth-order valence-corrected chi connectivity index (χ4v) is 3.38. The molecule has 0 aliphatic carbocycles. The molecule has 0 aromatic heterocycles. The van der Waals surface area contributed by atoms with Gasteiger partial charge in [-0.2, -0.15) is 0 Å². The number of hydrogen-bond acceptors (Lipinski definition) is 4.